The lowest BCUT2D eigenvalue weighted by Gasteiger charge is -2.26. The molecule has 5 aromatic rings. The van der Waals surface area contributed by atoms with E-state index in [2.05, 4.69) is 42.5 Å². The van der Waals surface area contributed by atoms with Gasteiger partial charge in [0, 0.05) is 17.1 Å². The average molecular weight is 478 g/mol. The lowest BCUT2D eigenvalue weighted by molar-refractivity contribution is -0.137. The van der Waals surface area contributed by atoms with Gasteiger partial charge in [-0.2, -0.15) is 13.2 Å². The molecule has 0 saturated carbocycles. The monoisotopic (exact) mass is 477 g/mol. The Hall–Kier alpha value is -4.31. The molecule has 0 spiro atoms. The van der Waals surface area contributed by atoms with Crippen LogP contribution in [0.15, 0.2) is 121 Å². The molecule has 0 heterocycles. The molecule has 4 heteroatoms. The summed E-state index contributed by atoms with van der Waals surface area (Å²) in [6.45, 7) is 0. The van der Waals surface area contributed by atoms with E-state index in [0.717, 1.165) is 35.0 Å². The summed E-state index contributed by atoms with van der Waals surface area (Å²) in [6.07, 6.45) is -3.46. The number of hydrogen-bond donors (Lipinski definition) is 0. The van der Waals surface area contributed by atoms with E-state index in [1.165, 1.54) is 34.4 Å². The maximum atomic E-state index is 13.4. The molecule has 0 N–H and O–H groups in total. The minimum Gasteiger partial charge on any atom is -0.310 e. The topological polar surface area (TPSA) is 3.24 Å². The molecule has 6 rings (SSSR count). The SMILES string of the molecule is FC(F)(F)c1cccc(N(c2ccccc2)c2ccc(-c3ccc4c(c3)-c3ccccc3C4)cc2)c1. The van der Waals surface area contributed by atoms with Crippen LogP contribution < -0.4 is 4.90 Å². The molecule has 1 aliphatic carbocycles. The van der Waals surface area contributed by atoms with Gasteiger partial charge in [0.1, 0.15) is 0 Å². The third-order valence-electron chi connectivity index (χ3n) is 6.70. The number of fused-ring (bicyclic) bond motifs is 3. The maximum absolute atomic E-state index is 13.4. The standard InChI is InChI=1S/C32H22F3N/c33-32(34,35)26-8-6-11-29(21-26)36(27-9-2-1-3-10-27)28-17-15-22(16-18-28)23-13-14-25-19-24-7-4-5-12-30(24)31(25)20-23/h1-18,20-21H,19H2. The van der Waals surface area contributed by atoms with Gasteiger partial charge in [0.2, 0.25) is 0 Å². The van der Waals surface area contributed by atoms with Gasteiger partial charge in [0.05, 0.1) is 5.56 Å². The fourth-order valence-electron chi connectivity index (χ4n) is 4.95. The second-order valence-corrected chi connectivity index (χ2v) is 8.97. The summed E-state index contributed by atoms with van der Waals surface area (Å²) in [5.74, 6) is 0. The van der Waals surface area contributed by atoms with Crippen LogP contribution in [0.1, 0.15) is 16.7 Å². The average Bonchev–Trinajstić information content (AvgIpc) is 3.28. The molecular formula is C32H22F3N. The molecule has 1 aliphatic rings. The van der Waals surface area contributed by atoms with E-state index < -0.39 is 11.7 Å². The Balaban J connectivity index is 1.39. The predicted octanol–water partition coefficient (Wildman–Crippen LogP) is 9.41. The second-order valence-electron chi connectivity index (χ2n) is 8.97. The minimum absolute atomic E-state index is 0.456. The zero-order valence-corrected chi connectivity index (χ0v) is 19.3. The third kappa shape index (κ3) is 4.05. The van der Waals surface area contributed by atoms with Gasteiger partial charge < -0.3 is 4.90 Å². The molecule has 36 heavy (non-hydrogen) atoms. The fraction of sp³-hybridized carbons (Fsp3) is 0.0625. The van der Waals surface area contributed by atoms with Crippen molar-refractivity contribution in [1.82, 2.24) is 0 Å². The Morgan fingerprint density at radius 1 is 0.500 bits per heavy atom. The number of rotatable bonds is 4. The van der Waals surface area contributed by atoms with E-state index in [1.807, 2.05) is 59.5 Å². The van der Waals surface area contributed by atoms with Crippen molar-refractivity contribution < 1.29 is 13.2 Å². The molecule has 0 radical (unpaired) electrons. The van der Waals surface area contributed by atoms with Crippen molar-refractivity contribution in [1.29, 1.82) is 0 Å². The van der Waals surface area contributed by atoms with Crippen LogP contribution in [0, 0.1) is 0 Å². The van der Waals surface area contributed by atoms with Crippen LogP contribution in [-0.4, -0.2) is 0 Å². The zero-order chi connectivity index (χ0) is 24.7. The largest absolute Gasteiger partial charge is 0.416 e. The molecule has 1 nitrogen and oxygen atoms in total. The molecule has 0 unspecified atom stereocenters. The van der Waals surface area contributed by atoms with Crippen LogP contribution >= 0.6 is 0 Å². The summed E-state index contributed by atoms with van der Waals surface area (Å²) in [7, 11) is 0. The Labute approximate surface area is 208 Å². The van der Waals surface area contributed by atoms with Crippen molar-refractivity contribution in [3.63, 3.8) is 0 Å². The van der Waals surface area contributed by atoms with Crippen molar-refractivity contribution in [3.05, 3.63) is 138 Å². The van der Waals surface area contributed by atoms with Gasteiger partial charge in [0.15, 0.2) is 0 Å². The molecule has 0 fully saturated rings. The molecule has 0 aromatic heterocycles. The van der Waals surface area contributed by atoms with Crippen LogP contribution in [0.4, 0.5) is 30.2 Å². The van der Waals surface area contributed by atoms with Crippen molar-refractivity contribution in [2.45, 2.75) is 12.6 Å². The molecule has 0 saturated heterocycles. The maximum Gasteiger partial charge on any atom is 0.416 e. The van der Waals surface area contributed by atoms with Gasteiger partial charge in [-0.05, 0) is 88.3 Å². The third-order valence-corrected chi connectivity index (χ3v) is 6.70. The van der Waals surface area contributed by atoms with Crippen molar-refractivity contribution in [3.8, 4) is 22.3 Å². The highest BCUT2D eigenvalue weighted by molar-refractivity contribution is 5.83. The van der Waals surface area contributed by atoms with Gasteiger partial charge in [0.25, 0.3) is 0 Å². The highest BCUT2D eigenvalue weighted by Crippen LogP contribution is 2.41. The van der Waals surface area contributed by atoms with Crippen molar-refractivity contribution in [2.24, 2.45) is 0 Å². The van der Waals surface area contributed by atoms with Gasteiger partial charge in [-0.3, -0.25) is 0 Å². The summed E-state index contributed by atoms with van der Waals surface area (Å²) in [4.78, 5) is 1.85. The summed E-state index contributed by atoms with van der Waals surface area (Å²) in [5.41, 5.74) is 8.76. The Morgan fingerprint density at radius 2 is 1.14 bits per heavy atom. The van der Waals surface area contributed by atoms with Gasteiger partial charge in [-0.1, -0.05) is 72.8 Å². The Morgan fingerprint density at radius 3 is 1.92 bits per heavy atom. The summed E-state index contributed by atoms with van der Waals surface area (Å²) in [6, 6.07) is 37.9. The quantitative estimate of drug-likeness (QED) is 0.244. The highest BCUT2D eigenvalue weighted by atomic mass is 19.4. The first kappa shape index (κ1) is 22.2. The zero-order valence-electron chi connectivity index (χ0n) is 19.3. The van der Waals surface area contributed by atoms with E-state index in [0.29, 0.717) is 5.69 Å². The van der Waals surface area contributed by atoms with Gasteiger partial charge in [-0.15, -0.1) is 0 Å². The summed E-state index contributed by atoms with van der Waals surface area (Å²) in [5, 5.41) is 0. The van der Waals surface area contributed by atoms with Crippen LogP contribution in [0.25, 0.3) is 22.3 Å². The lowest BCUT2D eigenvalue weighted by Crippen LogP contribution is -2.12. The molecule has 0 atom stereocenters. The van der Waals surface area contributed by atoms with Crippen LogP contribution in [0.3, 0.4) is 0 Å². The molecular weight excluding hydrogens is 455 g/mol. The van der Waals surface area contributed by atoms with Gasteiger partial charge in [-0.25, -0.2) is 0 Å². The summed E-state index contributed by atoms with van der Waals surface area (Å²) < 4.78 is 40.3. The first-order valence-corrected chi connectivity index (χ1v) is 11.8. The first-order valence-electron chi connectivity index (χ1n) is 11.8. The number of alkyl halides is 3. The molecule has 176 valence electrons. The first-order chi connectivity index (χ1) is 17.5. The van der Waals surface area contributed by atoms with E-state index >= 15 is 0 Å². The number of anilines is 3. The van der Waals surface area contributed by atoms with E-state index in [9.17, 15) is 13.2 Å². The number of halogens is 3. The van der Waals surface area contributed by atoms with E-state index in [4.69, 9.17) is 0 Å². The number of nitrogens with zero attached hydrogens (tertiary/aromatic N) is 1. The van der Waals surface area contributed by atoms with Crippen LogP contribution in [0.5, 0.6) is 0 Å². The normalized spacial score (nSPS) is 12.2. The fourth-order valence-corrected chi connectivity index (χ4v) is 4.95. The highest BCUT2D eigenvalue weighted by Gasteiger charge is 2.31. The van der Waals surface area contributed by atoms with Crippen molar-refractivity contribution >= 4 is 17.1 Å². The van der Waals surface area contributed by atoms with E-state index in [1.54, 1.807) is 6.07 Å². The molecule has 0 aliphatic heterocycles. The Kier molecular flexibility index (Phi) is 5.37. The minimum atomic E-state index is -4.41. The summed E-state index contributed by atoms with van der Waals surface area (Å²) >= 11 is 0. The molecule has 5 aromatic carbocycles. The Bertz CT molecular complexity index is 1540. The van der Waals surface area contributed by atoms with Crippen LogP contribution in [-0.2, 0) is 12.6 Å². The lowest BCUT2D eigenvalue weighted by atomic mass is 9.98. The van der Waals surface area contributed by atoms with Crippen molar-refractivity contribution in [2.75, 3.05) is 4.90 Å². The number of para-hydroxylation sites is 1. The second kappa shape index (κ2) is 8.72. The number of benzene rings is 5. The molecule has 0 bridgehead atoms. The molecule has 0 amide bonds. The van der Waals surface area contributed by atoms with E-state index in [-0.39, 0.29) is 0 Å². The van der Waals surface area contributed by atoms with Gasteiger partial charge >= 0.3 is 6.18 Å². The van der Waals surface area contributed by atoms with Crippen LogP contribution in [0.2, 0.25) is 0 Å². The smallest absolute Gasteiger partial charge is 0.310 e. The predicted molar refractivity (Wildman–Crippen MR) is 140 cm³/mol. The number of hydrogen-bond acceptors (Lipinski definition) is 1.